The molecule has 0 aromatic carbocycles. The van der Waals surface area contributed by atoms with Gasteiger partial charge in [0, 0.05) is 6.54 Å². The van der Waals surface area contributed by atoms with Crippen molar-refractivity contribution < 1.29 is 24.3 Å². The molecule has 12 nitrogen and oxygen atoms in total. The molecule has 0 bridgehead atoms. The maximum absolute atomic E-state index is 12.3. The Labute approximate surface area is 150 Å². The zero-order chi connectivity index (χ0) is 20.3. The number of hydrogen-bond donors (Lipinski definition) is 7. The van der Waals surface area contributed by atoms with E-state index in [9.17, 15) is 19.2 Å². The topological polar surface area (TPSA) is 215 Å². The third-order valence-corrected chi connectivity index (χ3v) is 3.16. The molecule has 148 valence electrons. The molecule has 10 N–H and O–H groups in total. The van der Waals surface area contributed by atoms with Gasteiger partial charge in [-0.2, -0.15) is 0 Å². The van der Waals surface area contributed by atoms with E-state index in [1.54, 1.807) is 0 Å². The van der Waals surface area contributed by atoms with Crippen LogP contribution in [0.2, 0.25) is 0 Å². The predicted octanol–water partition coefficient (Wildman–Crippen LogP) is -3.42. The normalized spacial score (nSPS) is 13.7. The summed E-state index contributed by atoms with van der Waals surface area (Å²) in [6, 6.07) is -2.76. The fourth-order valence-corrected chi connectivity index (χ4v) is 1.77. The molecule has 3 atom stereocenters. The summed E-state index contributed by atoms with van der Waals surface area (Å²) in [6.45, 7) is 2.54. The van der Waals surface area contributed by atoms with Gasteiger partial charge in [-0.1, -0.05) is 0 Å². The van der Waals surface area contributed by atoms with Crippen molar-refractivity contribution in [2.45, 2.75) is 44.8 Å². The molecule has 3 amide bonds. The molecule has 0 aromatic heterocycles. The van der Waals surface area contributed by atoms with Crippen molar-refractivity contribution in [3.05, 3.63) is 0 Å². The maximum Gasteiger partial charge on any atom is 0.322 e. The number of nitrogens with one attached hydrogen (secondary N) is 3. The van der Waals surface area contributed by atoms with E-state index in [-0.39, 0.29) is 18.9 Å². The van der Waals surface area contributed by atoms with Gasteiger partial charge < -0.3 is 38.3 Å². The molecule has 0 spiro atoms. The lowest BCUT2D eigenvalue weighted by Crippen LogP contribution is -2.55. The van der Waals surface area contributed by atoms with Crippen LogP contribution < -0.4 is 33.2 Å². The third kappa shape index (κ3) is 10.1. The largest absolute Gasteiger partial charge is 0.480 e. The number of carbonyl (C=O) groups is 4. The van der Waals surface area contributed by atoms with Crippen molar-refractivity contribution >= 4 is 29.7 Å². The zero-order valence-corrected chi connectivity index (χ0v) is 14.8. The first-order chi connectivity index (χ1) is 12.0. The van der Waals surface area contributed by atoms with Crippen LogP contribution in [0.4, 0.5) is 0 Å². The smallest absolute Gasteiger partial charge is 0.322 e. The van der Waals surface area contributed by atoms with Gasteiger partial charge in [-0.15, -0.1) is 0 Å². The third-order valence-electron chi connectivity index (χ3n) is 3.16. The van der Waals surface area contributed by atoms with Crippen molar-refractivity contribution in [3.8, 4) is 0 Å². The number of amides is 3. The zero-order valence-electron chi connectivity index (χ0n) is 14.8. The highest BCUT2D eigenvalue weighted by molar-refractivity contribution is 5.93. The van der Waals surface area contributed by atoms with E-state index in [0.717, 1.165) is 0 Å². The molecular weight excluding hydrogens is 346 g/mol. The number of hydrogen-bond acceptors (Lipinski definition) is 6. The molecule has 0 radical (unpaired) electrons. The monoisotopic (exact) mass is 373 g/mol. The quantitative estimate of drug-likeness (QED) is 0.110. The van der Waals surface area contributed by atoms with Crippen LogP contribution in [0.5, 0.6) is 0 Å². The van der Waals surface area contributed by atoms with Gasteiger partial charge >= 0.3 is 5.97 Å². The summed E-state index contributed by atoms with van der Waals surface area (Å²) in [5, 5.41) is 15.6. The molecule has 0 aromatic rings. The summed E-state index contributed by atoms with van der Waals surface area (Å²) >= 11 is 0. The first-order valence-corrected chi connectivity index (χ1v) is 7.95. The molecule has 0 aliphatic heterocycles. The lowest BCUT2D eigenvalue weighted by atomic mass is 10.1. The Bertz CT molecular complexity index is 546. The van der Waals surface area contributed by atoms with Gasteiger partial charge in [-0.3, -0.25) is 24.2 Å². The summed E-state index contributed by atoms with van der Waals surface area (Å²) in [7, 11) is 0. The van der Waals surface area contributed by atoms with E-state index in [4.69, 9.17) is 22.3 Å². The summed E-state index contributed by atoms with van der Waals surface area (Å²) in [5.41, 5.74) is 15.9. The lowest BCUT2D eigenvalue weighted by Gasteiger charge is -2.21. The van der Waals surface area contributed by atoms with E-state index < -0.39 is 48.4 Å². The minimum Gasteiger partial charge on any atom is -0.480 e. The predicted molar refractivity (Wildman–Crippen MR) is 93.7 cm³/mol. The van der Waals surface area contributed by atoms with Crippen LogP contribution in [0.1, 0.15) is 26.7 Å². The second-order valence-corrected chi connectivity index (χ2v) is 5.64. The number of aliphatic carboxylic acids is 1. The minimum absolute atomic E-state index is 0.0886. The van der Waals surface area contributed by atoms with Crippen molar-refractivity contribution in [2.75, 3.05) is 13.1 Å². The van der Waals surface area contributed by atoms with Crippen LogP contribution in [-0.2, 0) is 19.2 Å². The van der Waals surface area contributed by atoms with Crippen LogP contribution in [0.3, 0.4) is 0 Å². The van der Waals surface area contributed by atoms with E-state index in [1.165, 1.54) is 13.8 Å². The molecule has 0 rings (SSSR count). The first kappa shape index (κ1) is 23.1. The average molecular weight is 373 g/mol. The SMILES string of the molecule is CC(N)C(=O)NC(CCCN=C(N)N)C(=O)NC(C)C(=O)NCC(=O)O. The van der Waals surface area contributed by atoms with E-state index in [1.807, 2.05) is 0 Å². The van der Waals surface area contributed by atoms with Gasteiger partial charge in [-0.25, -0.2) is 0 Å². The van der Waals surface area contributed by atoms with E-state index in [2.05, 4.69) is 20.9 Å². The van der Waals surface area contributed by atoms with Gasteiger partial charge in [0.05, 0.1) is 6.04 Å². The Balaban J connectivity index is 4.79. The average Bonchev–Trinajstić information content (AvgIpc) is 2.54. The van der Waals surface area contributed by atoms with Crippen LogP contribution in [0.25, 0.3) is 0 Å². The van der Waals surface area contributed by atoms with Gasteiger partial charge in [0.2, 0.25) is 17.7 Å². The Morgan fingerprint density at radius 1 is 1.04 bits per heavy atom. The molecule has 3 unspecified atom stereocenters. The number of nitrogens with two attached hydrogens (primary N) is 3. The van der Waals surface area contributed by atoms with Crippen molar-refractivity contribution in [1.82, 2.24) is 16.0 Å². The van der Waals surface area contributed by atoms with Gasteiger partial charge in [0.25, 0.3) is 0 Å². The van der Waals surface area contributed by atoms with Crippen molar-refractivity contribution in [1.29, 1.82) is 0 Å². The maximum atomic E-state index is 12.3. The van der Waals surface area contributed by atoms with Gasteiger partial charge in [-0.05, 0) is 26.7 Å². The number of guanidine groups is 1. The Kier molecular flexibility index (Phi) is 10.3. The minimum atomic E-state index is -1.21. The standard InChI is InChI=1S/C14H27N7O5/c1-7(15)11(24)21-9(4-3-5-18-14(16)17)13(26)20-8(2)12(25)19-6-10(22)23/h7-9H,3-6,15H2,1-2H3,(H,19,25)(H,20,26)(H,21,24)(H,22,23)(H4,16,17,18). The molecule has 0 fully saturated rings. The van der Waals surface area contributed by atoms with Crippen LogP contribution in [0.15, 0.2) is 4.99 Å². The number of nitrogens with zero attached hydrogens (tertiary/aromatic N) is 1. The molecule has 0 heterocycles. The Morgan fingerprint density at radius 2 is 1.65 bits per heavy atom. The number of aliphatic imine (C=N–C) groups is 1. The van der Waals surface area contributed by atoms with Crippen LogP contribution in [0, 0.1) is 0 Å². The summed E-state index contributed by atoms with van der Waals surface area (Å²) in [4.78, 5) is 50.1. The molecular formula is C14H27N7O5. The number of carboxylic acids is 1. The van der Waals surface area contributed by atoms with Crippen LogP contribution >= 0.6 is 0 Å². The number of carboxylic acid groups (broad SMARTS) is 1. The highest BCUT2D eigenvalue weighted by atomic mass is 16.4. The highest BCUT2D eigenvalue weighted by Crippen LogP contribution is 2.00. The van der Waals surface area contributed by atoms with Gasteiger partial charge in [0.1, 0.15) is 18.6 Å². The van der Waals surface area contributed by atoms with Crippen LogP contribution in [-0.4, -0.2) is 66.0 Å². The molecule has 12 heteroatoms. The Hall–Kier alpha value is -2.89. The van der Waals surface area contributed by atoms with E-state index in [0.29, 0.717) is 6.42 Å². The molecule has 0 aliphatic carbocycles. The van der Waals surface area contributed by atoms with Gasteiger partial charge in [0.15, 0.2) is 5.96 Å². The summed E-state index contributed by atoms with van der Waals surface area (Å²) < 4.78 is 0. The molecule has 0 aliphatic rings. The molecule has 0 saturated heterocycles. The number of rotatable bonds is 11. The summed E-state index contributed by atoms with van der Waals surface area (Å²) in [5.74, 6) is -3.11. The molecule has 26 heavy (non-hydrogen) atoms. The fraction of sp³-hybridized carbons (Fsp3) is 0.643. The molecule has 0 saturated carbocycles. The highest BCUT2D eigenvalue weighted by Gasteiger charge is 2.25. The van der Waals surface area contributed by atoms with Crippen molar-refractivity contribution in [2.24, 2.45) is 22.2 Å². The number of carbonyl (C=O) groups excluding carboxylic acids is 3. The first-order valence-electron chi connectivity index (χ1n) is 7.95. The summed E-state index contributed by atoms with van der Waals surface area (Å²) in [6.07, 6.45) is 0.610. The Morgan fingerprint density at radius 3 is 2.15 bits per heavy atom. The van der Waals surface area contributed by atoms with E-state index >= 15 is 0 Å². The van der Waals surface area contributed by atoms with Crippen molar-refractivity contribution in [3.63, 3.8) is 0 Å². The fourth-order valence-electron chi connectivity index (χ4n) is 1.77. The second-order valence-electron chi connectivity index (χ2n) is 5.64. The second kappa shape index (κ2) is 11.6. The lowest BCUT2D eigenvalue weighted by molar-refractivity contribution is -0.138.